The smallest absolute Gasteiger partial charge is 0.316 e. The van der Waals surface area contributed by atoms with Crippen LogP contribution in [0.15, 0.2) is 0 Å². The van der Waals surface area contributed by atoms with E-state index >= 15 is 0 Å². The van der Waals surface area contributed by atoms with Gasteiger partial charge in [0.25, 0.3) is 0 Å². The van der Waals surface area contributed by atoms with E-state index in [9.17, 15) is 14.4 Å². The molecule has 186 valence electrons. The highest BCUT2D eigenvalue weighted by molar-refractivity contribution is 5.99. The van der Waals surface area contributed by atoms with Gasteiger partial charge in [0, 0.05) is 32.1 Å². The standard InChI is InChI=1S/C25H47N3O4/c1-8-22-24(30)21(4)16-19(2)15-20(3)17-27(7)12-13-28(23(29)18-26(5)6)11-9-10-14-32-25(22)31/h19-22H,8-18H2,1-7H3/t19-,20?,21-,22?/m1/s1. The van der Waals surface area contributed by atoms with E-state index < -0.39 is 11.9 Å². The highest BCUT2D eigenvalue weighted by Gasteiger charge is 2.31. The van der Waals surface area contributed by atoms with Crippen LogP contribution in [0.25, 0.3) is 0 Å². The molecule has 1 saturated heterocycles. The Morgan fingerprint density at radius 2 is 1.72 bits per heavy atom. The lowest BCUT2D eigenvalue weighted by molar-refractivity contribution is -0.153. The molecule has 0 aromatic heterocycles. The number of hydrogen-bond donors (Lipinski definition) is 0. The van der Waals surface area contributed by atoms with Gasteiger partial charge in [0.2, 0.25) is 5.91 Å². The van der Waals surface area contributed by atoms with Gasteiger partial charge in [0.05, 0.1) is 13.2 Å². The lowest BCUT2D eigenvalue weighted by atomic mass is 9.83. The van der Waals surface area contributed by atoms with Crippen molar-refractivity contribution in [3.05, 3.63) is 0 Å². The first-order chi connectivity index (χ1) is 15.0. The Morgan fingerprint density at radius 3 is 2.34 bits per heavy atom. The van der Waals surface area contributed by atoms with Gasteiger partial charge in [-0.25, -0.2) is 0 Å². The first kappa shape index (κ1) is 28.6. The number of carbonyl (C=O) groups excluding carboxylic acids is 3. The third-order valence-corrected chi connectivity index (χ3v) is 6.33. The third-order valence-electron chi connectivity index (χ3n) is 6.33. The Kier molecular flexibility index (Phi) is 13.1. The second-order valence-corrected chi connectivity index (χ2v) is 10.2. The Hall–Kier alpha value is -1.47. The minimum absolute atomic E-state index is 0.00990. The molecule has 1 aliphatic rings. The van der Waals surface area contributed by atoms with Gasteiger partial charge in [-0.3, -0.25) is 14.4 Å². The number of ether oxygens (including phenoxy) is 1. The second kappa shape index (κ2) is 14.6. The van der Waals surface area contributed by atoms with Gasteiger partial charge in [-0.15, -0.1) is 0 Å². The van der Waals surface area contributed by atoms with E-state index in [-0.39, 0.29) is 17.6 Å². The van der Waals surface area contributed by atoms with Gasteiger partial charge in [0.1, 0.15) is 11.7 Å². The fraction of sp³-hybridized carbons (Fsp3) is 0.880. The molecule has 2 unspecified atom stereocenters. The summed E-state index contributed by atoms with van der Waals surface area (Å²) in [6.07, 6.45) is 3.76. The van der Waals surface area contributed by atoms with Gasteiger partial charge >= 0.3 is 5.97 Å². The summed E-state index contributed by atoms with van der Waals surface area (Å²) >= 11 is 0. The molecule has 0 bridgehead atoms. The van der Waals surface area contributed by atoms with Crippen molar-refractivity contribution in [3.63, 3.8) is 0 Å². The number of esters is 1. The third kappa shape index (κ3) is 10.4. The molecule has 1 rings (SSSR count). The molecule has 32 heavy (non-hydrogen) atoms. The van der Waals surface area contributed by atoms with E-state index in [1.54, 1.807) is 0 Å². The van der Waals surface area contributed by atoms with Crippen LogP contribution in [-0.4, -0.2) is 92.8 Å². The van der Waals surface area contributed by atoms with Crippen LogP contribution in [0.2, 0.25) is 0 Å². The molecule has 0 aliphatic carbocycles. The number of rotatable bonds is 3. The van der Waals surface area contributed by atoms with E-state index in [0.717, 1.165) is 32.4 Å². The molecule has 7 nitrogen and oxygen atoms in total. The van der Waals surface area contributed by atoms with Gasteiger partial charge in [-0.1, -0.05) is 27.7 Å². The number of cyclic esters (lactones) is 1. The molecule has 0 saturated carbocycles. The highest BCUT2D eigenvalue weighted by Crippen LogP contribution is 2.24. The normalized spacial score (nSPS) is 28.8. The zero-order valence-electron chi connectivity index (χ0n) is 21.6. The molecule has 7 heteroatoms. The van der Waals surface area contributed by atoms with Crippen molar-refractivity contribution in [2.45, 2.75) is 59.8 Å². The van der Waals surface area contributed by atoms with E-state index in [0.29, 0.717) is 50.9 Å². The summed E-state index contributed by atoms with van der Waals surface area (Å²) in [5.41, 5.74) is 0. The maximum Gasteiger partial charge on any atom is 0.316 e. The average Bonchev–Trinajstić information content (AvgIpc) is 2.68. The number of carbonyl (C=O) groups is 3. The molecule has 0 spiro atoms. The summed E-state index contributed by atoms with van der Waals surface area (Å²) in [4.78, 5) is 44.3. The van der Waals surface area contributed by atoms with Crippen molar-refractivity contribution in [1.29, 1.82) is 0 Å². The van der Waals surface area contributed by atoms with Crippen LogP contribution in [0, 0.1) is 23.7 Å². The minimum Gasteiger partial charge on any atom is -0.465 e. The molecule has 0 aromatic rings. The first-order valence-electron chi connectivity index (χ1n) is 12.4. The van der Waals surface area contributed by atoms with Crippen molar-refractivity contribution < 1.29 is 19.1 Å². The molecule has 1 aliphatic heterocycles. The van der Waals surface area contributed by atoms with Crippen molar-refractivity contribution in [2.75, 3.05) is 60.5 Å². The summed E-state index contributed by atoms with van der Waals surface area (Å²) in [6.45, 7) is 12.1. The van der Waals surface area contributed by atoms with Crippen molar-refractivity contribution >= 4 is 17.7 Å². The SMILES string of the molecule is CCC1C(=O)OCCCCN(C(=O)CN(C)C)CCN(C)CC(C)C[C@@H](C)C[C@@H](C)C1=O. The quantitative estimate of drug-likeness (QED) is 0.483. The Bertz CT molecular complexity index is 596. The molecule has 1 fully saturated rings. The van der Waals surface area contributed by atoms with Gasteiger partial charge < -0.3 is 19.4 Å². The summed E-state index contributed by atoms with van der Waals surface area (Å²) in [7, 11) is 5.92. The summed E-state index contributed by atoms with van der Waals surface area (Å²) in [6, 6.07) is 0. The van der Waals surface area contributed by atoms with Gasteiger partial charge in [0.15, 0.2) is 0 Å². The van der Waals surface area contributed by atoms with E-state index in [1.807, 2.05) is 37.7 Å². The van der Waals surface area contributed by atoms with E-state index in [4.69, 9.17) is 4.74 Å². The van der Waals surface area contributed by atoms with Crippen LogP contribution in [0.4, 0.5) is 0 Å². The fourth-order valence-electron chi connectivity index (χ4n) is 4.73. The highest BCUT2D eigenvalue weighted by atomic mass is 16.5. The minimum atomic E-state index is -0.669. The molecule has 0 N–H and O–H groups in total. The van der Waals surface area contributed by atoms with E-state index in [2.05, 4.69) is 25.8 Å². The zero-order chi connectivity index (χ0) is 24.3. The summed E-state index contributed by atoms with van der Waals surface area (Å²) < 4.78 is 5.45. The molecule has 1 amide bonds. The van der Waals surface area contributed by atoms with Crippen LogP contribution in [0.5, 0.6) is 0 Å². The maximum absolute atomic E-state index is 12.9. The Balaban J connectivity index is 2.89. The number of Topliss-reactive ketones (excluding diaryl/α,β-unsaturated/α-hetero) is 1. The van der Waals surface area contributed by atoms with Crippen LogP contribution >= 0.6 is 0 Å². The number of nitrogens with zero attached hydrogens (tertiary/aromatic N) is 3. The predicted octanol–water partition coefficient (Wildman–Crippen LogP) is 2.93. The van der Waals surface area contributed by atoms with Crippen LogP contribution in [-0.2, 0) is 19.1 Å². The molecule has 1 heterocycles. The summed E-state index contributed by atoms with van der Waals surface area (Å²) in [5.74, 6) is -0.163. The molecule has 0 radical (unpaired) electrons. The van der Waals surface area contributed by atoms with Crippen molar-refractivity contribution in [1.82, 2.24) is 14.7 Å². The number of likely N-dealkylation sites (N-methyl/N-ethyl adjacent to an activating group) is 2. The fourth-order valence-corrected chi connectivity index (χ4v) is 4.73. The Morgan fingerprint density at radius 1 is 1.03 bits per heavy atom. The Labute approximate surface area is 195 Å². The van der Waals surface area contributed by atoms with Crippen LogP contribution < -0.4 is 0 Å². The lowest BCUT2D eigenvalue weighted by Crippen LogP contribution is -2.43. The first-order valence-corrected chi connectivity index (χ1v) is 12.4. The van der Waals surface area contributed by atoms with Crippen LogP contribution in [0.3, 0.4) is 0 Å². The lowest BCUT2D eigenvalue weighted by Gasteiger charge is -2.29. The number of amides is 1. The van der Waals surface area contributed by atoms with Gasteiger partial charge in [-0.05, 0) is 65.1 Å². The molecule has 4 atom stereocenters. The monoisotopic (exact) mass is 453 g/mol. The number of hydrogen-bond acceptors (Lipinski definition) is 6. The molecular weight excluding hydrogens is 406 g/mol. The zero-order valence-corrected chi connectivity index (χ0v) is 21.6. The largest absolute Gasteiger partial charge is 0.465 e. The number of ketones is 1. The second-order valence-electron chi connectivity index (χ2n) is 10.2. The molecular formula is C25H47N3O4. The van der Waals surface area contributed by atoms with E-state index in [1.165, 1.54) is 0 Å². The van der Waals surface area contributed by atoms with Crippen molar-refractivity contribution in [2.24, 2.45) is 23.7 Å². The topological polar surface area (TPSA) is 70.2 Å². The van der Waals surface area contributed by atoms with Gasteiger partial charge in [-0.2, -0.15) is 0 Å². The molecule has 0 aromatic carbocycles. The van der Waals surface area contributed by atoms with Crippen LogP contribution in [0.1, 0.15) is 59.8 Å². The summed E-state index contributed by atoms with van der Waals surface area (Å²) in [5, 5.41) is 0. The van der Waals surface area contributed by atoms with Crippen molar-refractivity contribution in [3.8, 4) is 0 Å². The maximum atomic E-state index is 12.9. The predicted molar refractivity (Wildman–Crippen MR) is 128 cm³/mol. The average molecular weight is 454 g/mol.